The predicted octanol–water partition coefficient (Wildman–Crippen LogP) is 1.52. The third-order valence-electron chi connectivity index (χ3n) is 2.70. The molecule has 75 valence electrons. The summed E-state index contributed by atoms with van der Waals surface area (Å²) in [6.45, 7) is 0. The van der Waals surface area contributed by atoms with E-state index >= 15 is 0 Å². The van der Waals surface area contributed by atoms with Gasteiger partial charge in [-0.1, -0.05) is 36.4 Å². The van der Waals surface area contributed by atoms with Gasteiger partial charge in [0.15, 0.2) is 0 Å². The molecule has 2 unspecified atom stereocenters. The molecule has 0 saturated carbocycles. The molecule has 1 aromatic rings. The van der Waals surface area contributed by atoms with Crippen LogP contribution in [0, 0.1) is 0 Å². The summed E-state index contributed by atoms with van der Waals surface area (Å²) < 4.78 is 0. The highest BCUT2D eigenvalue weighted by Crippen LogP contribution is 2.26. The van der Waals surface area contributed by atoms with Crippen LogP contribution in [0.15, 0.2) is 54.8 Å². The van der Waals surface area contributed by atoms with Gasteiger partial charge in [0.05, 0.1) is 0 Å². The van der Waals surface area contributed by atoms with Crippen LogP contribution >= 0.6 is 0 Å². The molecule has 2 aliphatic heterocycles. The van der Waals surface area contributed by atoms with E-state index in [2.05, 4.69) is 40.2 Å². The van der Waals surface area contributed by atoms with E-state index in [0.717, 1.165) is 0 Å². The zero-order valence-electron chi connectivity index (χ0n) is 8.25. The van der Waals surface area contributed by atoms with E-state index in [0.29, 0.717) is 0 Å². The number of hydrogen-bond acceptors (Lipinski definition) is 2. The standard InChI is InChI=1S/C12H12N3/c1-2-6-10(7-3-1)12-14-13-11-8-4-5-9-15(11)12/h1-9,11-12,14H. The van der Waals surface area contributed by atoms with Crippen LogP contribution in [0.3, 0.4) is 0 Å². The van der Waals surface area contributed by atoms with Crippen molar-refractivity contribution < 1.29 is 0 Å². The van der Waals surface area contributed by atoms with Crippen LogP contribution in [0.5, 0.6) is 0 Å². The lowest BCUT2D eigenvalue weighted by Crippen LogP contribution is -2.29. The molecule has 2 aliphatic rings. The molecule has 0 spiro atoms. The molecule has 3 rings (SSSR count). The second kappa shape index (κ2) is 3.53. The summed E-state index contributed by atoms with van der Waals surface area (Å²) in [4.78, 5) is 2.20. The van der Waals surface area contributed by atoms with E-state index in [4.69, 9.17) is 0 Å². The van der Waals surface area contributed by atoms with Gasteiger partial charge in [-0.05, 0) is 17.7 Å². The topological polar surface area (TPSA) is 29.4 Å². The highest BCUT2D eigenvalue weighted by Gasteiger charge is 2.31. The number of allylic oxidation sites excluding steroid dienone is 2. The molecule has 1 saturated heterocycles. The first-order chi connectivity index (χ1) is 7.45. The second-order valence-corrected chi connectivity index (χ2v) is 3.66. The minimum absolute atomic E-state index is 0.139. The maximum Gasteiger partial charge on any atom is 0.132 e. The molecule has 2 atom stereocenters. The highest BCUT2D eigenvalue weighted by atomic mass is 15.6. The largest absolute Gasteiger partial charge is 0.335 e. The summed E-state index contributed by atoms with van der Waals surface area (Å²) in [5.74, 6) is 0. The Morgan fingerprint density at radius 1 is 1.13 bits per heavy atom. The van der Waals surface area contributed by atoms with Crippen molar-refractivity contribution in [1.82, 2.24) is 15.8 Å². The van der Waals surface area contributed by atoms with Gasteiger partial charge in [-0.3, -0.25) is 0 Å². The lowest BCUT2D eigenvalue weighted by Gasteiger charge is -2.26. The van der Waals surface area contributed by atoms with Gasteiger partial charge in [0.2, 0.25) is 0 Å². The van der Waals surface area contributed by atoms with Crippen molar-refractivity contribution >= 4 is 0 Å². The van der Waals surface area contributed by atoms with Gasteiger partial charge in [0.25, 0.3) is 0 Å². The van der Waals surface area contributed by atoms with Gasteiger partial charge in [-0.2, -0.15) is 0 Å². The fourth-order valence-electron chi connectivity index (χ4n) is 1.94. The molecule has 3 nitrogen and oxygen atoms in total. The molecule has 2 heterocycles. The molecule has 15 heavy (non-hydrogen) atoms. The SMILES string of the molecule is C1=CC2[N]NC(c3ccccc3)N2C=C1. The number of benzene rings is 1. The van der Waals surface area contributed by atoms with E-state index in [1.807, 2.05) is 30.4 Å². The fraction of sp³-hybridized carbons (Fsp3) is 0.167. The molecule has 0 amide bonds. The first-order valence-corrected chi connectivity index (χ1v) is 5.08. The monoisotopic (exact) mass is 198 g/mol. The van der Waals surface area contributed by atoms with Gasteiger partial charge in [0.1, 0.15) is 12.3 Å². The van der Waals surface area contributed by atoms with Gasteiger partial charge in [-0.15, -0.1) is 5.43 Å². The summed E-state index contributed by atoms with van der Waals surface area (Å²) in [7, 11) is 0. The quantitative estimate of drug-likeness (QED) is 0.741. The van der Waals surface area contributed by atoms with E-state index in [1.165, 1.54) is 5.56 Å². The molecular formula is C12H12N3. The van der Waals surface area contributed by atoms with E-state index in [-0.39, 0.29) is 12.3 Å². The van der Waals surface area contributed by atoms with E-state index in [1.54, 1.807) is 0 Å². The molecule has 0 aliphatic carbocycles. The Labute approximate surface area is 89.1 Å². The van der Waals surface area contributed by atoms with Crippen molar-refractivity contribution in [3.63, 3.8) is 0 Å². The molecule has 1 N–H and O–H groups in total. The predicted molar refractivity (Wildman–Crippen MR) is 58.4 cm³/mol. The van der Waals surface area contributed by atoms with Crippen LogP contribution in [0.25, 0.3) is 0 Å². The van der Waals surface area contributed by atoms with Crippen LogP contribution in [0.2, 0.25) is 0 Å². The molecule has 3 heteroatoms. The number of nitrogens with one attached hydrogen (secondary N) is 1. The van der Waals surface area contributed by atoms with Crippen LogP contribution in [-0.2, 0) is 0 Å². The molecule has 0 bridgehead atoms. The van der Waals surface area contributed by atoms with Gasteiger partial charge >= 0.3 is 0 Å². The Kier molecular flexibility index (Phi) is 2.05. The maximum atomic E-state index is 4.35. The zero-order valence-corrected chi connectivity index (χ0v) is 8.25. The number of nitrogens with zero attached hydrogens (tertiary/aromatic N) is 2. The molecule has 1 aromatic carbocycles. The lowest BCUT2D eigenvalue weighted by atomic mass is 10.1. The first kappa shape index (κ1) is 8.71. The van der Waals surface area contributed by atoms with Crippen molar-refractivity contribution in [2.24, 2.45) is 0 Å². The average molecular weight is 198 g/mol. The van der Waals surface area contributed by atoms with Crippen molar-refractivity contribution in [2.75, 3.05) is 0 Å². The summed E-state index contributed by atoms with van der Waals surface area (Å²) >= 11 is 0. The average Bonchev–Trinajstić information content (AvgIpc) is 2.74. The second-order valence-electron chi connectivity index (χ2n) is 3.66. The normalized spacial score (nSPS) is 28.1. The van der Waals surface area contributed by atoms with Gasteiger partial charge in [0, 0.05) is 6.20 Å². The minimum atomic E-state index is 0.139. The van der Waals surface area contributed by atoms with Crippen LogP contribution < -0.4 is 10.9 Å². The van der Waals surface area contributed by atoms with Crippen molar-refractivity contribution in [1.29, 1.82) is 0 Å². The number of rotatable bonds is 1. The minimum Gasteiger partial charge on any atom is -0.335 e. The smallest absolute Gasteiger partial charge is 0.132 e. The Hall–Kier alpha value is -1.58. The Bertz CT molecular complexity index is 397. The Morgan fingerprint density at radius 2 is 2.00 bits per heavy atom. The summed E-state index contributed by atoms with van der Waals surface area (Å²) in [5, 5.41) is 0. The summed E-state index contributed by atoms with van der Waals surface area (Å²) in [6.07, 6.45) is 8.52. The number of fused-ring (bicyclic) bond motifs is 1. The van der Waals surface area contributed by atoms with Crippen LogP contribution in [-0.4, -0.2) is 11.1 Å². The molecular weight excluding hydrogens is 186 g/mol. The molecule has 1 radical (unpaired) electrons. The fourth-order valence-corrected chi connectivity index (χ4v) is 1.94. The zero-order chi connectivity index (χ0) is 10.1. The Balaban J connectivity index is 1.90. The number of hydrogen-bond donors (Lipinski definition) is 1. The summed E-state index contributed by atoms with van der Waals surface area (Å²) in [6, 6.07) is 10.4. The van der Waals surface area contributed by atoms with Crippen molar-refractivity contribution in [3.05, 3.63) is 60.3 Å². The van der Waals surface area contributed by atoms with Gasteiger partial charge < -0.3 is 4.90 Å². The lowest BCUT2D eigenvalue weighted by molar-refractivity contribution is 0.297. The van der Waals surface area contributed by atoms with Gasteiger partial charge in [-0.25, -0.2) is 5.43 Å². The maximum absolute atomic E-state index is 4.35. The Morgan fingerprint density at radius 3 is 2.87 bits per heavy atom. The van der Waals surface area contributed by atoms with Crippen molar-refractivity contribution in [2.45, 2.75) is 12.3 Å². The summed E-state index contributed by atoms with van der Waals surface area (Å²) in [5.41, 5.74) is 8.76. The van der Waals surface area contributed by atoms with Crippen LogP contribution in [0.4, 0.5) is 0 Å². The molecule has 1 fully saturated rings. The third kappa shape index (κ3) is 1.46. The van der Waals surface area contributed by atoms with Crippen molar-refractivity contribution in [3.8, 4) is 0 Å². The first-order valence-electron chi connectivity index (χ1n) is 5.08. The third-order valence-corrected chi connectivity index (χ3v) is 2.70. The highest BCUT2D eigenvalue weighted by molar-refractivity contribution is 5.23. The molecule has 0 aromatic heterocycles. The van der Waals surface area contributed by atoms with E-state index < -0.39 is 0 Å². The van der Waals surface area contributed by atoms with E-state index in [9.17, 15) is 0 Å². The van der Waals surface area contributed by atoms with Crippen LogP contribution in [0.1, 0.15) is 11.7 Å².